The lowest BCUT2D eigenvalue weighted by molar-refractivity contribution is -0.158. The Labute approximate surface area is 251 Å². The van der Waals surface area contributed by atoms with Crippen LogP contribution in [0.25, 0.3) is 0 Å². The number of rotatable bonds is 10. The molecule has 3 aromatic rings. The minimum Gasteiger partial charge on any atom is -0.340 e. The van der Waals surface area contributed by atoms with Gasteiger partial charge in [-0.3, -0.25) is 14.4 Å². The van der Waals surface area contributed by atoms with E-state index in [0.717, 1.165) is 11.1 Å². The number of hydrogen-bond donors (Lipinski definition) is 1. The summed E-state index contributed by atoms with van der Waals surface area (Å²) in [5.41, 5.74) is 0.727. The number of piperazine rings is 1. The number of halogens is 5. The first-order valence-corrected chi connectivity index (χ1v) is 14.1. The van der Waals surface area contributed by atoms with Crippen LogP contribution in [0.4, 0.5) is 4.39 Å². The normalized spacial score (nSPS) is 17.1. The molecule has 1 aliphatic rings. The molecule has 210 valence electrons. The summed E-state index contributed by atoms with van der Waals surface area (Å²) in [6, 6.07) is 18.6. The van der Waals surface area contributed by atoms with E-state index in [2.05, 4.69) is 5.32 Å². The molecule has 1 saturated heterocycles. The summed E-state index contributed by atoms with van der Waals surface area (Å²) in [6.07, 6.45) is 0.286. The first-order chi connectivity index (χ1) is 19.1. The van der Waals surface area contributed by atoms with Gasteiger partial charge in [0.1, 0.15) is 29.4 Å². The zero-order chi connectivity index (χ0) is 28.8. The number of nitrogens with one attached hydrogen (secondary N) is 1. The Hall–Kier alpha value is -2.84. The lowest BCUT2D eigenvalue weighted by atomic mass is 10.0. The Morgan fingerprint density at radius 3 is 1.95 bits per heavy atom. The average Bonchev–Trinajstić information content (AvgIpc) is 2.91. The maximum absolute atomic E-state index is 13.7. The molecule has 0 aromatic heterocycles. The molecular formula is C29H26Cl4FN3O3. The van der Waals surface area contributed by atoms with Gasteiger partial charge in [-0.15, -0.1) is 0 Å². The molecule has 3 aromatic carbocycles. The summed E-state index contributed by atoms with van der Waals surface area (Å²) in [5.74, 6) is -1.77. The van der Waals surface area contributed by atoms with E-state index >= 15 is 0 Å². The largest absolute Gasteiger partial charge is 0.340 e. The van der Waals surface area contributed by atoms with E-state index in [1.807, 2.05) is 0 Å². The van der Waals surface area contributed by atoms with Gasteiger partial charge in [-0.25, -0.2) is 4.39 Å². The molecule has 11 heteroatoms. The van der Waals surface area contributed by atoms with Gasteiger partial charge in [0.15, 0.2) is 0 Å². The number of carbonyl (C=O) groups is 3. The first-order valence-electron chi connectivity index (χ1n) is 12.5. The van der Waals surface area contributed by atoms with Gasteiger partial charge in [0.25, 0.3) is 0 Å². The van der Waals surface area contributed by atoms with Gasteiger partial charge in [0.2, 0.25) is 17.7 Å². The third-order valence-corrected chi connectivity index (χ3v) is 7.67. The van der Waals surface area contributed by atoms with Crippen molar-refractivity contribution < 1.29 is 18.8 Å². The van der Waals surface area contributed by atoms with Crippen molar-refractivity contribution in [2.24, 2.45) is 0 Å². The van der Waals surface area contributed by atoms with E-state index in [1.54, 1.807) is 48.5 Å². The topological polar surface area (TPSA) is 69.7 Å². The highest BCUT2D eigenvalue weighted by molar-refractivity contribution is 6.30. The van der Waals surface area contributed by atoms with Crippen LogP contribution in [-0.4, -0.2) is 51.1 Å². The predicted molar refractivity (Wildman–Crippen MR) is 155 cm³/mol. The second kappa shape index (κ2) is 13.7. The van der Waals surface area contributed by atoms with Crippen LogP contribution in [-0.2, 0) is 33.8 Å². The highest BCUT2D eigenvalue weighted by Gasteiger charge is 2.42. The lowest BCUT2D eigenvalue weighted by Gasteiger charge is -2.42. The van der Waals surface area contributed by atoms with Crippen molar-refractivity contribution >= 4 is 64.1 Å². The Kier molecular flexibility index (Phi) is 10.3. The van der Waals surface area contributed by atoms with E-state index < -0.39 is 34.7 Å². The molecule has 1 fully saturated rings. The fourth-order valence-corrected chi connectivity index (χ4v) is 5.34. The molecule has 3 amide bonds. The molecule has 0 aliphatic carbocycles. The minimum absolute atomic E-state index is 0.0237. The molecule has 0 saturated carbocycles. The van der Waals surface area contributed by atoms with Crippen molar-refractivity contribution in [3.8, 4) is 0 Å². The van der Waals surface area contributed by atoms with Gasteiger partial charge in [-0.05, 0) is 53.1 Å². The molecule has 6 nitrogen and oxygen atoms in total. The molecule has 1 N–H and O–H groups in total. The van der Waals surface area contributed by atoms with E-state index in [1.165, 1.54) is 34.1 Å². The zero-order valence-corrected chi connectivity index (χ0v) is 24.2. The molecule has 0 bridgehead atoms. The van der Waals surface area contributed by atoms with Gasteiger partial charge < -0.3 is 15.1 Å². The molecule has 0 radical (unpaired) electrons. The zero-order valence-electron chi connectivity index (χ0n) is 21.2. The Bertz CT molecular complexity index is 1340. The second-order valence-electron chi connectivity index (χ2n) is 9.46. The van der Waals surface area contributed by atoms with Crippen LogP contribution in [0.3, 0.4) is 0 Å². The van der Waals surface area contributed by atoms with Crippen LogP contribution < -0.4 is 5.32 Å². The summed E-state index contributed by atoms with van der Waals surface area (Å²) < 4.78 is 13.5. The molecule has 40 heavy (non-hydrogen) atoms. The summed E-state index contributed by atoms with van der Waals surface area (Å²) in [7, 11) is 0. The van der Waals surface area contributed by atoms with Crippen LogP contribution in [0.2, 0.25) is 10.0 Å². The smallest absolute Gasteiger partial charge is 0.247 e. The SMILES string of the molecule is O=C(CC1C(=O)N(C(Cl)Cc2ccc(Cl)cc2)CC(=O)N1Cc1ccc(F)cc1)NC(Cl)Cc1ccc(Cl)cc1. The third kappa shape index (κ3) is 8.10. The fourth-order valence-electron chi connectivity index (χ4n) is 4.45. The van der Waals surface area contributed by atoms with Gasteiger partial charge in [0.05, 0.1) is 6.42 Å². The van der Waals surface area contributed by atoms with Crippen molar-refractivity contribution in [2.75, 3.05) is 6.54 Å². The molecule has 3 atom stereocenters. The molecule has 3 unspecified atom stereocenters. The van der Waals surface area contributed by atoms with E-state index in [-0.39, 0.29) is 31.8 Å². The second-order valence-corrected chi connectivity index (χ2v) is 11.4. The maximum Gasteiger partial charge on any atom is 0.247 e. The van der Waals surface area contributed by atoms with E-state index in [0.29, 0.717) is 22.0 Å². The highest BCUT2D eigenvalue weighted by atomic mass is 35.5. The average molecular weight is 625 g/mol. The quantitative estimate of drug-likeness (QED) is 0.229. The Morgan fingerprint density at radius 2 is 1.38 bits per heavy atom. The molecule has 0 spiro atoms. The van der Waals surface area contributed by atoms with E-state index in [4.69, 9.17) is 46.4 Å². The van der Waals surface area contributed by atoms with Crippen LogP contribution in [0, 0.1) is 5.82 Å². The van der Waals surface area contributed by atoms with Gasteiger partial charge in [-0.1, -0.05) is 82.8 Å². The van der Waals surface area contributed by atoms with Crippen molar-refractivity contribution in [3.63, 3.8) is 0 Å². The number of hydrogen-bond acceptors (Lipinski definition) is 3. The van der Waals surface area contributed by atoms with Crippen molar-refractivity contribution in [3.05, 3.63) is 105 Å². The fraction of sp³-hybridized carbons (Fsp3) is 0.276. The third-order valence-electron chi connectivity index (χ3n) is 6.52. The summed E-state index contributed by atoms with van der Waals surface area (Å²) >= 11 is 24.9. The number of alkyl halides is 2. The van der Waals surface area contributed by atoms with Crippen molar-refractivity contribution in [2.45, 2.75) is 42.9 Å². The van der Waals surface area contributed by atoms with Crippen molar-refractivity contribution in [1.29, 1.82) is 0 Å². The Balaban J connectivity index is 1.50. The first kappa shape index (κ1) is 30.1. The number of benzene rings is 3. The minimum atomic E-state index is -1.13. The number of amides is 3. The monoisotopic (exact) mass is 623 g/mol. The molecule has 1 aliphatic heterocycles. The van der Waals surface area contributed by atoms with Crippen molar-refractivity contribution in [1.82, 2.24) is 15.1 Å². The molecular weight excluding hydrogens is 599 g/mol. The maximum atomic E-state index is 13.7. The number of carbonyl (C=O) groups excluding carboxylic acids is 3. The van der Waals surface area contributed by atoms with Gasteiger partial charge in [0, 0.05) is 29.4 Å². The predicted octanol–water partition coefficient (Wildman–Crippen LogP) is 5.79. The van der Waals surface area contributed by atoms with Crippen LogP contribution >= 0.6 is 46.4 Å². The highest BCUT2D eigenvalue weighted by Crippen LogP contribution is 2.25. The number of nitrogens with zero attached hydrogens (tertiary/aromatic N) is 2. The van der Waals surface area contributed by atoms with Crippen LogP contribution in [0.15, 0.2) is 72.8 Å². The summed E-state index contributed by atoms with van der Waals surface area (Å²) in [5, 5.41) is 3.84. The molecule has 4 rings (SSSR count). The van der Waals surface area contributed by atoms with Gasteiger partial charge in [-0.2, -0.15) is 0 Å². The standard InChI is InChI=1S/C29H26Cl4FN3O3/c30-21-7-1-18(2-8-21)13-25(32)35-27(38)15-24-29(40)37(26(33)14-19-3-9-22(31)10-4-19)17-28(39)36(24)16-20-5-11-23(34)12-6-20/h1-12,24-26H,13-17H2,(H,35,38). The van der Waals surface area contributed by atoms with Crippen LogP contribution in [0.1, 0.15) is 23.1 Å². The van der Waals surface area contributed by atoms with Gasteiger partial charge >= 0.3 is 0 Å². The van der Waals surface area contributed by atoms with Crippen LogP contribution in [0.5, 0.6) is 0 Å². The Morgan fingerprint density at radius 1 is 0.850 bits per heavy atom. The van der Waals surface area contributed by atoms with E-state index in [9.17, 15) is 18.8 Å². The molecule has 1 heterocycles. The summed E-state index contributed by atoms with van der Waals surface area (Å²) in [6.45, 7) is -0.232. The summed E-state index contributed by atoms with van der Waals surface area (Å²) in [4.78, 5) is 42.7. The lowest BCUT2D eigenvalue weighted by Crippen LogP contribution is -2.62.